The summed E-state index contributed by atoms with van der Waals surface area (Å²) < 4.78 is 13.6. The predicted molar refractivity (Wildman–Crippen MR) is 102 cm³/mol. The minimum Gasteiger partial charge on any atom is -0.321 e. The summed E-state index contributed by atoms with van der Waals surface area (Å²) in [5.74, 6) is 1.04. The van der Waals surface area contributed by atoms with Gasteiger partial charge in [0.05, 0.1) is 6.20 Å². The first-order valence-corrected chi connectivity index (χ1v) is 9.77. The molecule has 1 saturated heterocycles. The van der Waals surface area contributed by atoms with E-state index in [1.165, 1.54) is 11.0 Å². The van der Waals surface area contributed by atoms with Crippen LogP contribution >= 0.6 is 0 Å². The van der Waals surface area contributed by atoms with Gasteiger partial charge in [-0.1, -0.05) is 6.07 Å². The number of amides is 1. The molecule has 0 spiro atoms. The van der Waals surface area contributed by atoms with E-state index in [1.807, 2.05) is 23.2 Å². The lowest BCUT2D eigenvalue weighted by Gasteiger charge is -2.36. The lowest BCUT2D eigenvalue weighted by Crippen LogP contribution is -3.16. The number of rotatable bonds is 3. The molecule has 2 aromatic rings. The van der Waals surface area contributed by atoms with E-state index < -0.39 is 0 Å². The zero-order chi connectivity index (χ0) is 18.8. The fourth-order valence-corrected chi connectivity index (χ4v) is 4.22. The van der Waals surface area contributed by atoms with Gasteiger partial charge in [-0.15, -0.1) is 0 Å². The molecule has 1 aromatic heterocycles. The zero-order valence-corrected chi connectivity index (χ0v) is 15.7. The van der Waals surface area contributed by atoms with Crippen LogP contribution in [0.15, 0.2) is 42.6 Å². The number of hydrogen-bond acceptors (Lipinski definition) is 2. The van der Waals surface area contributed by atoms with Crippen LogP contribution in [-0.2, 0) is 11.2 Å². The lowest BCUT2D eigenvalue weighted by molar-refractivity contribution is -0.892. The van der Waals surface area contributed by atoms with Crippen molar-refractivity contribution in [1.82, 2.24) is 0 Å². The van der Waals surface area contributed by atoms with Crippen LogP contribution in [0.3, 0.4) is 0 Å². The maximum Gasteiger partial charge on any atom is 0.282 e. The molecule has 0 saturated carbocycles. The van der Waals surface area contributed by atoms with Crippen molar-refractivity contribution in [3.8, 4) is 0 Å². The molecular formula is C21H27FN4O+2. The minimum absolute atomic E-state index is 0.143. The fraction of sp³-hybridized carbons (Fsp3) is 0.429. The molecule has 27 heavy (non-hydrogen) atoms. The summed E-state index contributed by atoms with van der Waals surface area (Å²) in [5, 5.41) is 0. The number of anilines is 2. The van der Waals surface area contributed by atoms with Crippen molar-refractivity contribution in [3.05, 3.63) is 54.0 Å². The van der Waals surface area contributed by atoms with Crippen LogP contribution in [0, 0.1) is 5.82 Å². The molecule has 1 aromatic carbocycles. The highest BCUT2D eigenvalue weighted by Gasteiger charge is 2.33. The Morgan fingerprint density at radius 1 is 1.26 bits per heavy atom. The third-order valence-electron chi connectivity index (χ3n) is 5.75. The highest BCUT2D eigenvalue weighted by Crippen LogP contribution is 2.31. The number of aromatic nitrogens is 1. The first kappa shape index (κ1) is 17.9. The minimum atomic E-state index is -0.227. The Hall–Kier alpha value is -2.47. The Bertz CT molecular complexity index is 805. The Morgan fingerprint density at radius 2 is 2.07 bits per heavy atom. The van der Waals surface area contributed by atoms with E-state index in [9.17, 15) is 9.18 Å². The summed E-state index contributed by atoms with van der Waals surface area (Å²) >= 11 is 0. The van der Waals surface area contributed by atoms with Crippen LogP contribution in [0.5, 0.6) is 0 Å². The number of benzene rings is 1. The van der Waals surface area contributed by atoms with Gasteiger partial charge < -0.3 is 9.80 Å². The topological polar surface area (TPSA) is 42.1 Å². The summed E-state index contributed by atoms with van der Waals surface area (Å²) in [7, 11) is 0. The molecule has 0 radical (unpaired) electrons. The van der Waals surface area contributed by atoms with Crippen molar-refractivity contribution in [2.45, 2.75) is 25.8 Å². The van der Waals surface area contributed by atoms with Crippen molar-refractivity contribution in [3.63, 3.8) is 0 Å². The quantitative estimate of drug-likeness (QED) is 0.865. The predicted octanol–water partition coefficient (Wildman–Crippen LogP) is 0.713. The molecule has 1 atom stereocenters. The molecule has 3 heterocycles. The van der Waals surface area contributed by atoms with Gasteiger partial charge in [0.2, 0.25) is 0 Å². The molecule has 1 amide bonds. The average molecular weight is 370 g/mol. The van der Waals surface area contributed by atoms with Crippen molar-refractivity contribution in [2.75, 3.05) is 42.5 Å². The molecule has 2 N–H and O–H groups in total. The Labute approximate surface area is 159 Å². The number of aryl methyl sites for hydroxylation is 1. The van der Waals surface area contributed by atoms with Gasteiger partial charge in [0.25, 0.3) is 11.7 Å². The number of fused-ring (bicyclic) bond motifs is 1. The second-order valence-corrected chi connectivity index (χ2v) is 7.59. The van der Waals surface area contributed by atoms with E-state index >= 15 is 0 Å². The number of carbonyl (C=O) groups excluding carboxylic acids is 1. The number of nitrogens with one attached hydrogen (secondary N) is 2. The average Bonchev–Trinajstić information content (AvgIpc) is 2.69. The van der Waals surface area contributed by atoms with Gasteiger partial charge >= 0.3 is 0 Å². The van der Waals surface area contributed by atoms with E-state index in [0.717, 1.165) is 56.1 Å². The van der Waals surface area contributed by atoms with E-state index in [0.29, 0.717) is 6.54 Å². The normalized spacial score (nSPS) is 20.4. The standard InChI is InChI=1S/C21H25FN4O/c1-16-5-6-17-14-18(22)7-8-19(17)26(16)21(27)15-24-10-12-25(13-11-24)20-4-2-3-9-23-20/h2-4,7-9,14,16H,5-6,10-13,15H2,1H3/p+2/t16-/m1/s1. The van der Waals surface area contributed by atoms with Crippen molar-refractivity contribution in [2.24, 2.45) is 0 Å². The number of nitrogens with zero attached hydrogens (tertiary/aromatic N) is 2. The number of quaternary nitrogens is 1. The molecule has 0 bridgehead atoms. The highest BCUT2D eigenvalue weighted by molar-refractivity contribution is 5.95. The maximum absolute atomic E-state index is 13.6. The van der Waals surface area contributed by atoms with Gasteiger partial charge in [-0.3, -0.25) is 9.69 Å². The zero-order valence-electron chi connectivity index (χ0n) is 15.7. The van der Waals surface area contributed by atoms with E-state index in [-0.39, 0.29) is 17.8 Å². The van der Waals surface area contributed by atoms with Crippen LogP contribution in [0.1, 0.15) is 18.9 Å². The highest BCUT2D eigenvalue weighted by atomic mass is 19.1. The number of hydrogen-bond donors (Lipinski definition) is 1. The van der Waals surface area contributed by atoms with Crippen LogP contribution in [0.2, 0.25) is 0 Å². The SMILES string of the molecule is C[C@@H]1CCc2cc(F)ccc2N1C(=O)C[NH+]1CCN(c2cccc[nH+]2)CC1. The van der Waals surface area contributed by atoms with Crippen LogP contribution in [0.4, 0.5) is 15.9 Å². The van der Waals surface area contributed by atoms with Crippen molar-refractivity contribution >= 4 is 17.4 Å². The summed E-state index contributed by atoms with van der Waals surface area (Å²) in [6, 6.07) is 11.1. The maximum atomic E-state index is 13.6. The Kier molecular flexibility index (Phi) is 5.07. The number of carbonyl (C=O) groups is 1. The van der Waals surface area contributed by atoms with Gasteiger partial charge in [-0.05, 0) is 49.6 Å². The third-order valence-corrected chi connectivity index (χ3v) is 5.75. The van der Waals surface area contributed by atoms with Gasteiger partial charge in [-0.25, -0.2) is 9.37 Å². The molecule has 2 aliphatic rings. The molecule has 0 unspecified atom stereocenters. The number of halogens is 1. The van der Waals surface area contributed by atoms with Crippen molar-refractivity contribution < 1.29 is 19.1 Å². The fourth-order valence-electron chi connectivity index (χ4n) is 4.22. The summed E-state index contributed by atoms with van der Waals surface area (Å²) in [6.45, 7) is 6.32. The second-order valence-electron chi connectivity index (χ2n) is 7.59. The smallest absolute Gasteiger partial charge is 0.282 e. The summed E-state index contributed by atoms with van der Waals surface area (Å²) in [4.78, 5) is 21.9. The second kappa shape index (κ2) is 7.64. The number of pyridine rings is 1. The Balaban J connectivity index is 1.40. The van der Waals surface area contributed by atoms with Crippen molar-refractivity contribution in [1.29, 1.82) is 0 Å². The molecule has 1 fully saturated rings. The van der Waals surface area contributed by atoms with Crippen LogP contribution in [0.25, 0.3) is 0 Å². The number of piperazine rings is 1. The summed E-state index contributed by atoms with van der Waals surface area (Å²) in [5.41, 5.74) is 1.83. The van der Waals surface area contributed by atoms with Gasteiger partial charge in [-0.2, -0.15) is 0 Å². The molecule has 4 rings (SSSR count). The number of H-pyrrole nitrogens is 1. The molecular weight excluding hydrogens is 343 g/mol. The molecule has 6 heteroatoms. The van der Waals surface area contributed by atoms with E-state index in [2.05, 4.69) is 22.9 Å². The largest absolute Gasteiger partial charge is 0.321 e. The first-order valence-electron chi connectivity index (χ1n) is 9.77. The first-order chi connectivity index (χ1) is 13.1. The van der Waals surface area contributed by atoms with Crippen LogP contribution in [-0.4, -0.2) is 44.7 Å². The summed E-state index contributed by atoms with van der Waals surface area (Å²) in [6.07, 6.45) is 3.66. The molecule has 142 valence electrons. The van der Waals surface area contributed by atoms with Gasteiger partial charge in [0.15, 0.2) is 6.54 Å². The van der Waals surface area contributed by atoms with E-state index in [4.69, 9.17) is 0 Å². The monoisotopic (exact) mass is 370 g/mol. The van der Waals surface area contributed by atoms with E-state index in [1.54, 1.807) is 12.1 Å². The lowest BCUT2D eigenvalue weighted by atomic mass is 9.96. The number of aromatic amines is 1. The molecule has 5 nitrogen and oxygen atoms in total. The third kappa shape index (κ3) is 3.81. The Morgan fingerprint density at radius 3 is 2.81 bits per heavy atom. The molecule has 2 aliphatic heterocycles. The van der Waals surface area contributed by atoms with Gasteiger partial charge in [0, 0.05) is 17.8 Å². The van der Waals surface area contributed by atoms with Crippen LogP contribution < -0.4 is 19.7 Å². The van der Waals surface area contributed by atoms with Gasteiger partial charge in [0.1, 0.15) is 32.0 Å². The molecule has 0 aliphatic carbocycles.